The number of hydrogen-bond donors (Lipinski definition) is 0. The molecule has 1 aliphatic carbocycles. The maximum absolute atomic E-state index is 9.63. The van der Waals surface area contributed by atoms with Gasteiger partial charge < -0.3 is 0 Å². The molecule has 8 aromatic carbocycles. The van der Waals surface area contributed by atoms with Crippen LogP contribution < -0.4 is 0 Å². The first-order valence-electron chi connectivity index (χ1n) is 19.1. The Morgan fingerprint density at radius 2 is 0.807 bits per heavy atom. The van der Waals surface area contributed by atoms with Crippen molar-refractivity contribution in [2.75, 3.05) is 0 Å². The van der Waals surface area contributed by atoms with E-state index in [9.17, 15) is 5.26 Å². The van der Waals surface area contributed by atoms with Crippen molar-refractivity contribution in [2.45, 2.75) is 5.41 Å². The smallest absolute Gasteiger partial charge is 0.164 e. The lowest BCUT2D eigenvalue weighted by atomic mass is 9.67. The SMILES string of the molecule is N#Cc1ccc(-c2cc(-c3nc(-c4ccccc4)nc(-c4ccccc4)n3)cc(-c3cccc4c3-c3ccccc3C4(c3ccccc3)c3ccccc3)c2)cc1. The summed E-state index contributed by atoms with van der Waals surface area (Å²) in [6, 6.07) is 74.1. The van der Waals surface area contributed by atoms with Crippen LogP contribution in [0.1, 0.15) is 27.8 Å². The number of fused-ring (bicyclic) bond motifs is 3. The van der Waals surface area contributed by atoms with Gasteiger partial charge in [-0.1, -0.05) is 176 Å². The van der Waals surface area contributed by atoms with Crippen LogP contribution in [0.25, 0.3) is 67.5 Å². The summed E-state index contributed by atoms with van der Waals surface area (Å²) in [5.74, 6) is 1.79. The summed E-state index contributed by atoms with van der Waals surface area (Å²) in [6.45, 7) is 0. The van der Waals surface area contributed by atoms with Gasteiger partial charge in [0.05, 0.1) is 17.0 Å². The maximum Gasteiger partial charge on any atom is 0.164 e. The van der Waals surface area contributed by atoms with Crippen LogP contribution >= 0.6 is 0 Å². The maximum atomic E-state index is 9.63. The third-order valence-electron chi connectivity index (χ3n) is 11.0. The fourth-order valence-corrected chi connectivity index (χ4v) is 8.49. The third-order valence-corrected chi connectivity index (χ3v) is 11.0. The number of hydrogen-bond acceptors (Lipinski definition) is 4. The molecule has 266 valence electrons. The molecule has 0 saturated carbocycles. The van der Waals surface area contributed by atoms with Gasteiger partial charge in [0.25, 0.3) is 0 Å². The van der Waals surface area contributed by atoms with E-state index in [4.69, 9.17) is 15.0 Å². The van der Waals surface area contributed by atoms with Crippen molar-refractivity contribution in [2.24, 2.45) is 0 Å². The van der Waals surface area contributed by atoms with Crippen molar-refractivity contribution in [3.63, 3.8) is 0 Å². The van der Waals surface area contributed by atoms with E-state index in [0.29, 0.717) is 23.0 Å². The Hall–Kier alpha value is -7.74. The standard InChI is InChI=1S/C53H34N4/c54-35-36-28-30-37(31-29-36)40-32-41(34-42(33-40)52-56-50(38-16-5-1-6-17-38)55-51(57-52)39-18-7-2-8-19-39)45-25-15-27-48-49(45)46-24-13-14-26-47(46)53(48,43-20-9-3-10-21-43)44-22-11-4-12-23-44/h1-34H. The van der Waals surface area contributed by atoms with Crippen molar-refractivity contribution in [3.05, 3.63) is 234 Å². The average molecular weight is 727 g/mol. The highest BCUT2D eigenvalue weighted by Gasteiger charge is 2.46. The predicted octanol–water partition coefficient (Wildman–Crippen LogP) is 12.4. The summed E-state index contributed by atoms with van der Waals surface area (Å²) < 4.78 is 0. The molecule has 0 saturated heterocycles. The molecule has 4 nitrogen and oxygen atoms in total. The molecule has 0 atom stereocenters. The van der Waals surface area contributed by atoms with E-state index in [0.717, 1.165) is 38.9 Å². The first-order chi connectivity index (χ1) is 28.2. The van der Waals surface area contributed by atoms with Crippen LogP contribution in [-0.4, -0.2) is 15.0 Å². The molecule has 9 aromatic rings. The first-order valence-corrected chi connectivity index (χ1v) is 19.1. The van der Waals surface area contributed by atoms with Gasteiger partial charge in [0.15, 0.2) is 17.5 Å². The number of aromatic nitrogens is 3. The fourth-order valence-electron chi connectivity index (χ4n) is 8.49. The quantitative estimate of drug-likeness (QED) is 0.164. The molecular formula is C53H34N4. The van der Waals surface area contributed by atoms with Gasteiger partial charge in [-0.2, -0.15) is 5.26 Å². The van der Waals surface area contributed by atoms with Crippen molar-refractivity contribution in [1.82, 2.24) is 15.0 Å². The highest BCUT2D eigenvalue weighted by molar-refractivity contribution is 5.97. The van der Waals surface area contributed by atoms with E-state index in [-0.39, 0.29) is 0 Å². The lowest BCUT2D eigenvalue weighted by Crippen LogP contribution is -2.28. The highest BCUT2D eigenvalue weighted by Crippen LogP contribution is 2.58. The molecule has 0 bridgehead atoms. The second-order valence-corrected chi connectivity index (χ2v) is 14.3. The van der Waals surface area contributed by atoms with Crippen molar-refractivity contribution < 1.29 is 0 Å². The van der Waals surface area contributed by atoms with Gasteiger partial charge >= 0.3 is 0 Å². The molecular weight excluding hydrogens is 693 g/mol. The van der Waals surface area contributed by atoms with Gasteiger partial charge in [-0.25, -0.2) is 15.0 Å². The van der Waals surface area contributed by atoms with Crippen LogP contribution in [0.3, 0.4) is 0 Å². The van der Waals surface area contributed by atoms with Crippen LogP contribution in [0.15, 0.2) is 206 Å². The van der Waals surface area contributed by atoms with Crippen molar-refractivity contribution >= 4 is 0 Å². The molecule has 1 aliphatic rings. The zero-order valence-corrected chi connectivity index (χ0v) is 30.9. The fraction of sp³-hybridized carbons (Fsp3) is 0.0189. The predicted molar refractivity (Wildman–Crippen MR) is 229 cm³/mol. The Labute approximate surface area is 332 Å². The van der Waals surface area contributed by atoms with E-state index in [1.807, 2.05) is 84.9 Å². The average Bonchev–Trinajstić information content (AvgIpc) is 3.61. The summed E-state index contributed by atoms with van der Waals surface area (Å²) in [5, 5.41) is 9.63. The number of benzene rings is 8. The number of rotatable bonds is 7. The van der Waals surface area contributed by atoms with E-state index >= 15 is 0 Å². The molecule has 0 spiro atoms. The Balaban J connectivity index is 1.25. The lowest BCUT2D eigenvalue weighted by Gasteiger charge is -2.34. The highest BCUT2D eigenvalue weighted by atomic mass is 15.0. The molecule has 57 heavy (non-hydrogen) atoms. The minimum Gasteiger partial charge on any atom is -0.208 e. The normalized spacial score (nSPS) is 12.3. The minimum absolute atomic E-state index is 0.526. The molecule has 0 fully saturated rings. The Morgan fingerprint density at radius 3 is 1.39 bits per heavy atom. The molecule has 0 N–H and O–H groups in total. The van der Waals surface area contributed by atoms with Crippen LogP contribution in [0.4, 0.5) is 0 Å². The zero-order chi connectivity index (χ0) is 38.2. The largest absolute Gasteiger partial charge is 0.208 e. The molecule has 1 heterocycles. The minimum atomic E-state index is -0.526. The summed E-state index contributed by atoms with van der Waals surface area (Å²) in [5.41, 5.74) is 14.3. The van der Waals surface area contributed by atoms with Gasteiger partial charge in [-0.15, -0.1) is 0 Å². The van der Waals surface area contributed by atoms with Crippen molar-refractivity contribution in [3.8, 4) is 73.6 Å². The van der Waals surface area contributed by atoms with E-state index < -0.39 is 5.41 Å². The number of nitrogens with zero attached hydrogens (tertiary/aromatic N) is 4. The van der Waals surface area contributed by atoms with E-state index in [1.165, 1.54) is 33.4 Å². The monoisotopic (exact) mass is 726 g/mol. The zero-order valence-electron chi connectivity index (χ0n) is 30.9. The molecule has 1 aromatic heterocycles. The molecule has 0 aliphatic heterocycles. The first kappa shape index (κ1) is 33.8. The molecule has 0 radical (unpaired) electrons. The van der Waals surface area contributed by atoms with Crippen LogP contribution in [0.5, 0.6) is 0 Å². The summed E-state index contributed by atoms with van der Waals surface area (Å²) >= 11 is 0. The molecule has 10 rings (SSSR count). The molecule has 0 unspecified atom stereocenters. The summed E-state index contributed by atoms with van der Waals surface area (Å²) in [4.78, 5) is 15.3. The second-order valence-electron chi connectivity index (χ2n) is 14.3. The lowest BCUT2D eigenvalue weighted by molar-refractivity contribution is 0.768. The van der Waals surface area contributed by atoms with Gasteiger partial charge in [0, 0.05) is 16.7 Å². The molecule has 4 heteroatoms. The Kier molecular flexibility index (Phi) is 8.39. The summed E-state index contributed by atoms with van der Waals surface area (Å²) in [7, 11) is 0. The second kappa shape index (κ2) is 14.2. The van der Waals surface area contributed by atoms with Crippen LogP contribution in [0.2, 0.25) is 0 Å². The van der Waals surface area contributed by atoms with E-state index in [1.54, 1.807) is 0 Å². The Morgan fingerprint density at radius 1 is 0.351 bits per heavy atom. The van der Waals surface area contributed by atoms with Crippen LogP contribution in [-0.2, 0) is 5.41 Å². The van der Waals surface area contributed by atoms with Gasteiger partial charge in [0.1, 0.15) is 0 Å². The van der Waals surface area contributed by atoms with Crippen LogP contribution in [0, 0.1) is 11.3 Å². The third kappa shape index (κ3) is 5.82. The van der Waals surface area contributed by atoms with Gasteiger partial charge in [0.2, 0.25) is 0 Å². The molecule has 0 amide bonds. The summed E-state index contributed by atoms with van der Waals surface area (Å²) in [6.07, 6.45) is 0. The topological polar surface area (TPSA) is 62.5 Å². The Bertz CT molecular complexity index is 2840. The van der Waals surface area contributed by atoms with Gasteiger partial charge in [-0.05, 0) is 86.0 Å². The van der Waals surface area contributed by atoms with E-state index in [2.05, 4.69) is 127 Å². The van der Waals surface area contributed by atoms with Crippen molar-refractivity contribution in [1.29, 1.82) is 5.26 Å². The number of nitriles is 1. The van der Waals surface area contributed by atoms with Gasteiger partial charge in [-0.3, -0.25) is 0 Å².